The molecule has 124 valence electrons. The number of amides is 1. The van der Waals surface area contributed by atoms with Crippen molar-refractivity contribution in [2.75, 3.05) is 20.1 Å². The first-order valence-electron chi connectivity index (χ1n) is 6.73. The predicted molar refractivity (Wildman–Crippen MR) is 78.6 cm³/mol. The van der Waals surface area contributed by atoms with Crippen molar-refractivity contribution in [2.45, 2.75) is 25.1 Å². The highest BCUT2D eigenvalue weighted by Crippen LogP contribution is 2.32. The van der Waals surface area contributed by atoms with Gasteiger partial charge >= 0.3 is 6.36 Å². The first kappa shape index (κ1) is 18.6. The molecule has 1 heterocycles. The number of alkyl halides is 3. The second kappa shape index (κ2) is 7.69. The van der Waals surface area contributed by atoms with Gasteiger partial charge in [-0.3, -0.25) is 4.79 Å². The standard InChI is InChI=1S/C14H17F3N2O2.ClH/c1-18-13(20)11-8-10(9-4-6-19-7-5-9)2-3-12(11)21-14(15,16)17;/h2-3,8-9,19H,4-7H2,1H3,(H,18,20);1H. The van der Waals surface area contributed by atoms with Crippen LogP contribution in [-0.4, -0.2) is 32.4 Å². The van der Waals surface area contributed by atoms with Gasteiger partial charge in [0.25, 0.3) is 5.91 Å². The Morgan fingerprint density at radius 3 is 2.50 bits per heavy atom. The van der Waals surface area contributed by atoms with Crippen molar-refractivity contribution in [3.8, 4) is 5.75 Å². The average molecular weight is 339 g/mol. The summed E-state index contributed by atoms with van der Waals surface area (Å²) in [6.45, 7) is 1.72. The van der Waals surface area contributed by atoms with Gasteiger partial charge in [-0.25, -0.2) is 0 Å². The lowest BCUT2D eigenvalue weighted by atomic mass is 9.89. The van der Waals surface area contributed by atoms with Gasteiger partial charge in [-0.05, 0) is 49.5 Å². The zero-order valence-corrected chi connectivity index (χ0v) is 12.8. The number of hydrogen-bond acceptors (Lipinski definition) is 3. The minimum atomic E-state index is -4.82. The SMILES string of the molecule is CNC(=O)c1cc(C2CCNCC2)ccc1OC(F)(F)F.Cl. The molecule has 1 aromatic carbocycles. The van der Waals surface area contributed by atoms with E-state index in [-0.39, 0.29) is 23.9 Å². The molecule has 0 aromatic heterocycles. The van der Waals surface area contributed by atoms with Gasteiger partial charge in [0.15, 0.2) is 0 Å². The van der Waals surface area contributed by atoms with Crippen molar-refractivity contribution in [2.24, 2.45) is 0 Å². The summed E-state index contributed by atoms with van der Waals surface area (Å²) in [7, 11) is 1.37. The molecule has 2 rings (SSSR count). The Morgan fingerprint density at radius 1 is 1.32 bits per heavy atom. The molecule has 1 saturated heterocycles. The summed E-state index contributed by atoms with van der Waals surface area (Å²) in [5.41, 5.74) is 0.774. The van der Waals surface area contributed by atoms with Gasteiger partial charge < -0.3 is 15.4 Å². The molecule has 0 radical (unpaired) electrons. The number of carbonyl (C=O) groups is 1. The second-order valence-electron chi connectivity index (χ2n) is 4.91. The van der Waals surface area contributed by atoms with E-state index in [4.69, 9.17) is 0 Å². The first-order chi connectivity index (χ1) is 9.90. The Bertz CT molecular complexity index is 517. The van der Waals surface area contributed by atoms with Crippen molar-refractivity contribution in [3.63, 3.8) is 0 Å². The minimum absolute atomic E-state index is 0. The van der Waals surface area contributed by atoms with Crippen LogP contribution in [0.4, 0.5) is 13.2 Å². The first-order valence-corrected chi connectivity index (χ1v) is 6.73. The van der Waals surface area contributed by atoms with Crippen LogP contribution in [0, 0.1) is 0 Å². The van der Waals surface area contributed by atoms with Gasteiger partial charge in [0.05, 0.1) is 5.56 Å². The van der Waals surface area contributed by atoms with E-state index in [1.807, 2.05) is 0 Å². The molecule has 1 amide bonds. The zero-order chi connectivity index (χ0) is 15.5. The Balaban J connectivity index is 0.00000242. The molecule has 22 heavy (non-hydrogen) atoms. The summed E-state index contributed by atoms with van der Waals surface area (Å²) in [4.78, 5) is 11.8. The molecule has 0 atom stereocenters. The molecule has 1 aliphatic rings. The molecule has 0 saturated carbocycles. The van der Waals surface area contributed by atoms with Crippen molar-refractivity contribution < 1.29 is 22.7 Å². The number of piperidine rings is 1. The summed E-state index contributed by atoms with van der Waals surface area (Å²) in [6.07, 6.45) is -3.03. The van der Waals surface area contributed by atoms with Crippen molar-refractivity contribution in [1.29, 1.82) is 0 Å². The van der Waals surface area contributed by atoms with E-state index >= 15 is 0 Å². The lowest BCUT2D eigenvalue weighted by Crippen LogP contribution is -2.27. The van der Waals surface area contributed by atoms with Gasteiger partial charge in [-0.2, -0.15) is 0 Å². The van der Waals surface area contributed by atoms with E-state index in [1.54, 1.807) is 6.07 Å². The Morgan fingerprint density at radius 2 is 1.95 bits per heavy atom. The number of nitrogens with one attached hydrogen (secondary N) is 2. The van der Waals surface area contributed by atoms with Crippen LogP contribution in [0.15, 0.2) is 18.2 Å². The maximum Gasteiger partial charge on any atom is 0.573 e. The highest BCUT2D eigenvalue weighted by Gasteiger charge is 2.33. The molecule has 1 aromatic rings. The third-order valence-electron chi connectivity index (χ3n) is 3.51. The van der Waals surface area contributed by atoms with Crippen molar-refractivity contribution >= 4 is 18.3 Å². The summed E-state index contributed by atoms with van der Waals surface area (Å²) in [5.74, 6) is -0.820. The summed E-state index contributed by atoms with van der Waals surface area (Å²) in [5, 5.41) is 5.56. The number of hydrogen-bond donors (Lipinski definition) is 2. The molecule has 0 bridgehead atoms. The van der Waals surface area contributed by atoms with Gasteiger partial charge in [0.1, 0.15) is 5.75 Å². The largest absolute Gasteiger partial charge is 0.573 e. The number of carbonyl (C=O) groups excluding carboxylic acids is 1. The van der Waals surface area contributed by atoms with E-state index in [2.05, 4.69) is 15.4 Å². The van der Waals surface area contributed by atoms with E-state index < -0.39 is 18.0 Å². The van der Waals surface area contributed by atoms with Crippen molar-refractivity contribution in [1.82, 2.24) is 10.6 Å². The summed E-state index contributed by atoms with van der Waals surface area (Å²) in [6, 6.07) is 4.31. The number of halogens is 4. The molecule has 0 unspecified atom stereocenters. The molecule has 1 aliphatic heterocycles. The zero-order valence-electron chi connectivity index (χ0n) is 12.0. The fourth-order valence-corrected chi connectivity index (χ4v) is 2.48. The molecular weight excluding hydrogens is 321 g/mol. The monoisotopic (exact) mass is 338 g/mol. The lowest BCUT2D eigenvalue weighted by Gasteiger charge is -2.24. The van der Waals surface area contributed by atoms with Crippen LogP contribution in [0.3, 0.4) is 0 Å². The van der Waals surface area contributed by atoms with Gasteiger partial charge in [-0.1, -0.05) is 6.07 Å². The number of rotatable bonds is 3. The van der Waals surface area contributed by atoms with Gasteiger partial charge in [-0.15, -0.1) is 25.6 Å². The smallest absolute Gasteiger partial charge is 0.405 e. The normalized spacial score (nSPS) is 15.8. The highest BCUT2D eigenvalue weighted by molar-refractivity contribution is 5.97. The number of ether oxygens (including phenoxy) is 1. The Labute approximate surface area is 132 Å². The van der Waals surface area contributed by atoms with Gasteiger partial charge in [0.2, 0.25) is 0 Å². The molecule has 0 aliphatic carbocycles. The van der Waals surface area contributed by atoms with Crippen molar-refractivity contribution in [3.05, 3.63) is 29.3 Å². The van der Waals surface area contributed by atoms with E-state index in [1.165, 1.54) is 19.2 Å². The Hall–Kier alpha value is -1.47. The highest BCUT2D eigenvalue weighted by atomic mass is 35.5. The van der Waals surface area contributed by atoms with Crippen LogP contribution in [0.1, 0.15) is 34.7 Å². The van der Waals surface area contributed by atoms with Crippen LogP contribution in [0.5, 0.6) is 5.75 Å². The summed E-state index contributed by atoms with van der Waals surface area (Å²) >= 11 is 0. The predicted octanol–water partition coefficient (Wildman–Crippen LogP) is 2.83. The van der Waals surface area contributed by atoms with Crippen LogP contribution >= 0.6 is 12.4 Å². The lowest BCUT2D eigenvalue weighted by molar-refractivity contribution is -0.274. The van der Waals surface area contributed by atoms with Crippen LogP contribution in [0.2, 0.25) is 0 Å². The van der Waals surface area contributed by atoms with Crippen LogP contribution < -0.4 is 15.4 Å². The molecule has 4 nitrogen and oxygen atoms in total. The van der Waals surface area contributed by atoms with E-state index in [0.29, 0.717) is 0 Å². The topological polar surface area (TPSA) is 50.4 Å². The van der Waals surface area contributed by atoms with Crippen LogP contribution in [-0.2, 0) is 0 Å². The van der Waals surface area contributed by atoms with E-state index in [0.717, 1.165) is 31.5 Å². The average Bonchev–Trinajstić information content (AvgIpc) is 2.46. The molecule has 1 fully saturated rings. The number of benzene rings is 1. The van der Waals surface area contributed by atoms with Crippen LogP contribution in [0.25, 0.3) is 0 Å². The molecule has 2 N–H and O–H groups in total. The van der Waals surface area contributed by atoms with Gasteiger partial charge in [0, 0.05) is 7.05 Å². The second-order valence-corrected chi connectivity index (χ2v) is 4.91. The fraction of sp³-hybridized carbons (Fsp3) is 0.500. The quantitative estimate of drug-likeness (QED) is 0.891. The van der Waals surface area contributed by atoms with E-state index in [9.17, 15) is 18.0 Å². The fourth-order valence-electron chi connectivity index (χ4n) is 2.48. The maximum atomic E-state index is 12.4. The summed E-state index contributed by atoms with van der Waals surface area (Å²) < 4.78 is 41.1. The minimum Gasteiger partial charge on any atom is -0.405 e. The Kier molecular flexibility index (Phi) is 6.49. The molecular formula is C14H18ClF3N2O2. The third-order valence-corrected chi connectivity index (χ3v) is 3.51. The third kappa shape index (κ3) is 4.78. The maximum absolute atomic E-state index is 12.4. The molecule has 8 heteroatoms. The molecule has 0 spiro atoms.